The minimum atomic E-state index is -2.08. The lowest BCUT2D eigenvalue weighted by Crippen LogP contribution is -2.40. The van der Waals surface area contributed by atoms with E-state index in [-0.39, 0.29) is 0 Å². The second kappa shape index (κ2) is 13.1. The molecule has 2 rings (SSSR count). The lowest BCUT2D eigenvalue weighted by atomic mass is 10.1. The maximum absolute atomic E-state index is 6.45. The van der Waals surface area contributed by atoms with Crippen molar-refractivity contribution in [3.63, 3.8) is 0 Å². The number of hydrogen-bond acceptors (Lipinski definition) is 2. The number of benzene rings is 2. The van der Waals surface area contributed by atoms with Crippen molar-refractivity contribution in [1.82, 2.24) is 0 Å². The van der Waals surface area contributed by atoms with Crippen LogP contribution in [0.25, 0.3) is 10.8 Å². The number of unbranched alkanes of at least 4 members (excludes halogenated alkanes) is 7. The van der Waals surface area contributed by atoms with E-state index in [0.717, 1.165) is 18.7 Å². The molecule has 2 aromatic carbocycles. The molecule has 0 bridgehead atoms. The minimum absolute atomic E-state index is 0.663. The van der Waals surface area contributed by atoms with Crippen LogP contribution in [-0.2, 0) is 15.5 Å². The van der Waals surface area contributed by atoms with Crippen LogP contribution >= 0.6 is 0 Å². The summed E-state index contributed by atoms with van der Waals surface area (Å²) >= 11 is 0. The fourth-order valence-electron chi connectivity index (χ4n) is 3.74. The molecule has 0 atom stereocenters. The van der Waals surface area contributed by atoms with Crippen molar-refractivity contribution < 1.29 is 8.85 Å². The summed E-state index contributed by atoms with van der Waals surface area (Å²) in [6.07, 6.45) is 10.7. The molecule has 0 saturated carbocycles. The Bertz CT molecular complexity index is 666. The molecule has 0 aromatic heterocycles. The van der Waals surface area contributed by atoms with E-state index >= 15 is 0 Å². The third-order valence-electron chi connectivity index (χ3n) is 5.76. The van der Waals surface area contributed by atoms with E-state index in [1.54, 1.807) is 0 Å². The molecule has 0 fully saturated rings. The first-order chi connectivity index (χ1) is 13.7. The van der Waals surface area contributed by atoms with Crippen molar-refractivity contribution in [2.24, 2.45) is 0 Å². The van der Waals surface area contributed by atoms with Crippen LogP contribution < -0.4 is 0 Å². The van der Waals surface area contributed by atoms with Gasteiger partial charge in [0, 0.05) is 6.61 Å². The van der Waals surface area contributed by atoms with Crippen LogP contribution in [0.15, 0.2) is 42.5 Å². The molecular weight excluding hydrogens is 360 g/mol. The molecule has 0 radical (unpaired) electrons. The summed E-state index contributed by atoms with van der Waals surface area (Å²) in [5.74, 6) is 0. The summed E-state index contributed by atoms with van der Waals surface area (Å²) in [7, 11) is -2.08. The smallest absolute Gasteiger partial charge is 0.337 e. The van der Waals surface area contributed by atoms with Crippen LogP contribution in [0.4, 0.5) is 0 Å². The molecule has 3 heteroatoms. The van der Waals surface area contributed by atoms with Crippen LogP contribution in [0.2, 0.25) is 12.1 Å². The standard InChI is InChI=1S/C25H40O2Si/c1-4-7-8-9-10-11-12-15-20-26-28(5-2,6-3)27-22-23-18-19-24-16-13-14-17-25(24)21-23/h13-14,16-19,21H,4-12,15,20,22H2,1-3H3. The lowest BCUT2D eigenvalue weighted by Gasteiger charge is -2.29. The van der Waals surface area contributed by atoms with Crippen LogP contribution in [-0.4, -0.2) is 15.2 Å². The van der Waals surface area contributed by atoms with E-state index in [9.17, 15) is 0 Å². The molecule has 0 spiro atoms. The lowest BCUT2D eigenvalue weighted by molar-refractivity contribution is 0.158. The largest absolute Gasteiger partial charge is 0.394 e. The molecule has 0 aliphatic rings. The molecule has 0 unspecified atom stereocenters. The summed E-state index contributed by atoms with van der Waals surface area (Å²) in [5.41, 5.74) is 1.24. The highest BCUT2D eigenvalue weighted by atomic mass is 28.4. The minimum Gasteiger partial charge on any atom is -0.394 e. The maximum atomic E-state index is 6.45. The van der Waals surface area contributed by atoms with E-state index in [2.05, 4.69) is 63.2 Å². The average molecular weight is 401 g/mol. The Kier molecular flexibility index (Phi) is 10.8. The van der Waals surface area contributed by atoms with Crippen LogP contribution in [0, 0.1) is 0 Å². The Hall–Kier alpha value is -1.16. The molecule has 0 aliphatic carbocycles. The first kappa shape index (κ1) is 23.1. The predicted molar refractivity (Wildman–Crippen MR) is 124 cm³/mol. The van der Waals surface area contributed by atoms with Gasteiger partial charge in [0.05, 0.1) is 6.61 Å². The van der Waals surface area contributed by atoms with Crippen LogP contribution in [0.3, 0.4) is 0 Å². The zero-order chi connectivity index (χ0) is 20.1. The van der Waals surface area contributed by atoms with Gasteiger partial charge in [0.1, 0.15) is 0 Å². The van der Waals surface area contributed by atoms with Crippen molar-refractivity contribution in [3.05, 3.63) is 48.0 Å². The summed E-state index contributed by atoms with van der Waals surface area (Å²) in [6, 6.07) is 17.2. The van der Waals surface area contributed by atoms with Crippen LogP contribution in [0.1, 0.15) is 77.7 Å². The van der Waals surface area contributed by atoms with Crippen molar-refractivity contribution in [2.75, 3.05) is 6.61 Å². The highest BCUT2D eigenvalue weighted by Gasteiger charge is 2.33. The van der Waals surface area contributed by atoms with Gasteiger partial charge in [0.25, 0.3) is 0 Å². The molecule has 0 amide bonds. The van der Waals surface area contributed by atoms with Crippen molar-refractivity contribution in [3.8, 4) is 0 Å². The second-order valence-corrected chi connectivity index (χ2v) is 11.7. The van der Waals surface area contributed by atoms with Gasteiger partial charge in [-0.1, -0.05) is 102 Å². The van der Waals surface area contributed by atoms with Gasteiger partial charge in [-0.2, -0.15) is 0 Å². The Balaban J connectivity index is 1.74. The number of hydrogen-bond donors (Lipinski definition) is 0. The molecule has 0 N–H and O–H groups in total. The first-order valence-electron chi connectivity index (χ1n) is 11.5. The average Bonchev–Trinajstić information content (AvgIpc) is 2.75. The quantitative estimate of drug-likeness (QED) is 0.223. The van der Waals surface area contributed by atoms with E-state index in [1.807, 2.05) is 0 Å². The van der Waals surface area contributed by atoms with Crippen molar-refractivity contribution in [1.29, 1.82) is 0 Å². The van der Waals surface area contributed by atoms with Gasteiger partial charge in [-0.05, 0) is 40.9 Å². The van der Waals surface area contributed by atoms with Crippen LogP contribution in [0.5, 0.6) is 0 Å². The van der Waals surface area contributed by atoms with Gasteiger partial charge >= 0.3 is 8.56 Å². The molecule has 156 valence electrons. The van der Waals surface area contributed by atoms with Gasteiger partial charge in [-0.15, -0.1) is 0 Å². The fourth-order valence-corrected chi connectivity index (χ4v) is 6.08. The summed E-state index contributed by atoms with van der Waals surface area (Å²) < 4.78 is 12.9. The van der Waals surface area contributed by atoms with Crippen molar-refractivity contribution >= 4 is 19.3 Å². The zero-order valence-electron chi connectivity index (χ0n) is 18.3. The fraction of sp³-hybridized carbons (Fsp3) is 0.600. The van der Waals surface area contributed by atoms with E-state index in [4.69, 9.17) is 8.85 Å². The Morgan fingerprint density at radius 3 is 2.00 bits per heavy atom. The third kappa shape index (κ3) is 7.69. The maximum Gasteiger partial charge on any atom is 0.337 e. The van der Waals surface area contributed by atoms with Gasteiger partial charge in [0.15, 0.2) is 0 Å². The molecule has 0 aliphatic heterocycles. The molecule has 0 saturated heterocycles. The molecule has 2 aromatic rings. The monoisotopic (exact) mass is 400 g/mol. The normalized spacial score (nSPS) is 12.0. The van der Waals surface area contributed by atoms with E-state index < -0.39 is 8.56 Å². The predicted octanol–water partition coefficient (Wildman–Crippen LogP) is 8.00. The second-order valence-electron chi connectivity index (χ2n) is 7.91. The Labute approximate surface area is 173 Å². The summed E-state index contributed by atoms with van der Waals surface area (Å²) in [4.78, 5) is 0. The van der Waals surface area contributed by atoms with Gasteiger partial charge in [-0.3, -0.25) is 0 Å². The highest BCUT2D eigenvalue weighted by molar-refractivity contribution is 6.67. The number of fused-ring (bicyclic) bond motifs is 1. The molecule has 0 heterocycles. The SMILES string of the molecule is CCCCCCCCCCO[Si](CC)(CC)OCc1ccc2ccccc2c1. The Morgan fingerprint density at radius 1 is 0.679 bits per heavy atom. The van der Waals surface area contributed by atoms with Gasteiger partial charge in [0.2, 0.25) is 0 Å². The molecular formula is C25H40O2Si. The van der Waals surface area contributed by atoms with E-state index in [1.165, 1.54) is 67.7 Å². The van der Waals surface area contributed by atoms with Gasteiger partial charge < -0.3 is 8.85 Å². The topological polar surface area (TPSA) is 18.5 Å². The highest BCUT2D eigenvalue weighted by Crippen LogP contribution is 2.23. The summed E-state index contributed by atoms with van der Waals surface area (Å²) in [5, 5.41) is 2.57. The Morgan fingerprint density at radius 2 is 1.32 bits per heavy atom. The zero-order valence-corrected chi connectivity index (χ0v) is 19.3. The first-order valence-corrected chi connectivity index (χ1v) is 13.7. The summed E-state index contributed by atoms with van der Waals surface area (Å²) in [6.45, 7) is 8.25. The van der Waals surface area contributed by atoms with E-state index in [0.29, 0.717) is 6.61 Å². The molecule has 28 heavy (non-hydrogen) atoms. The van der Waals surface area contributed by atoms with Crippen molar-refractivity contribution in [2.45, 2.75) is 90.8 Å². The van der Waals surface area contributed by atoms with Gasteiger partial charge in [-0.25, -0.2) is 0 Å². The number of rotatable bonds is 15. The third-order valence-corrected chi connectivity index (χ3v) is 9.31. The molecule has 2 nitrogen and oxygen atoms in total.